The number of nitrogens with one attached hydrogen (secondary N) is 1. The highest BCUT2D eigenvalue weighted by Gasteiger charge is 2.60. The van der Waals surface area contributed by atoms with Crippen LogP contribution in [0, 0.1) is 11.3 Å². The van der Waals surface area contributed by atoms with E-state index in [9.17, 15) is 22.8 Å². The van der Waals surface area contributed by atoms with Crippen molar-refractivity contribution in [2.24, 2.45) is 11.3 Å². The number of halogens is 3. The molecule has 13 heteroatoms. The molecule has 1 aliphatic carbocycles. The summed E-state index contributed by atoms with van der Waals surface area (Å²) in [6, 6.07) is 2.70. The topological polar surface area (TPSA) is 110 Å². The van der Waals surface area contributed by atoms with Crippen molar-refractivity contribution in [1.29, 1.82) is 0 Å². The molecule has 0 spiro atoms. The van der Waals surface area contributed by atoms with E-state index in [1.807, 2.05) is 0 Å². The molecule has 4 aliphatic rings. The molecule has 1 N–H and O–H groups in total. The van der Waals surface area contributed by atoms with Crippen LogP contribution in [0.1, 0.15) is 46.6 Å². The molecule has 1 saturated carbocycles. The maximum atomic E-state index is 14.3. The predicted molar refractivity (Wildman–Crippen MR) is 133 cm³/mol. The minimum atomic E-state index is -4.51. The third-order valence-corrected chi connectivity index (χ3v) is 8.95. The van der Waals surface area contributed by atoms with Crippen LogP contribution in [0.5, 0.6) is 0 Å². The van der Waals surface area contributed by atoms with Crippen LogP contribution in [0.3, 0.4) is 0 Å². The van der Waals surface area contributed by atoms with Crippen LogP contribution >= 0.6 is 0 Å². The fourth-order valence-electron chi connectivity index (χ4n) is 6.97. The summed E-state index contributed by atoms with van der Waals surface area (Å²) in [5, 5.41) is 7.33. The Kier molecular flexibility index (Phi) is 7.07. The lowest BCUT2D eigenvalue weighted by Gasteiger charge is -2.37. The summed E-state index contributed by atoms with van der Waals surface area (Å²) in [6.07, 6.45) is -0.00291. The molecule has 3 fully saturated rings. The predicted octanol–water partition coefficient (Wildman–Crippen LogP) is 2.29. The lowest BCUT2D eigenvalue weighted by molar-refractivity contribution is -0.143. The first-order valence-corrected chi connectivity index (χ1v) is 13.6. The van der Waals surface area contributed by atoms with Gasteiger partial charge in [0, 0.05) is 76.4 Å². The van der Waals surface area contributed by atoms with Gasteiger partial charge in [-0.2, -0.15) is 13.2 Å². The molecule has 0 bridgehead atoms. The Labute approximate surface area is 229 Å². The van der Waals surface area contributed by atoms with Crippen molar-refractivity contribution in [2.45, 2.75) is 56.6 Å². The largest absolute Gasteiger partial charge is 0.417 e. The smallest absolute Gasteiger partial charge is 0.379 e. The van der Waals surface area contributed by atoms with Crippen LogP contribution in [0.2, 0.25) is 0 Å². The molecule has 2 amide bonds. The standard InChI is InChI=1S/C27H32F3N5O5/c1-38-23-14-39-7-4-21(23)33-19-9-18-13-35(24(36)22-2-5-32-40-22)15-26(18,10-19)25(37)34-6-3-20-16(12-34)8-17(11-31-20)27(28,29)30/h2,5,8,11,18-19,21,23,33H,3-4,6-7,9-10,12-15H2,1H3/t18-,19+,21-,23+,26-/m0/s1. The first-order valence-electron chi connectivity index (χ1n) is 13.6. The van der Waals surface area contributed by atoms with E-state index in [0.717, 1.165) is 18.7 Å². The molecule has 0 unspecified atom stereocenters. The number of aromatic nitrogens is 2. The number of fused-ring (bicyclic) bond motifs is 2. The van der Waals surface area contributed by atoms with Crippen molar-refractivity contribution < 1.29 is 36.8 Å². The highest BCUT2D eigenvalue weighted by atomic mass is 19.4. The number of ether oxygens (including phenoxy) is 2. The number of pyridine rings is 1. The second kappa shape index (κ2) is 10.4. The van der Waals surface area contributed by atoms with Gasteiger partial charge in [-0.05, 0) is 36.8 Å². The Bertz CT molecular complexity index is 1260. The minimum Gasteiger partial charge on any atom is -0.379 e. The molecule has 3 aliphatic heterocycles. The number of methoxy groups -OCH3 is 1. The third kappa shape index (κ3) is 4.88. The quantitative estimate of drug-likeness (QED) is 0.590. The van der Waals surface area contributed by atoms with E-state index in [4.69, 9.17) is 14.0 Å². The molecule has 10 nitrogen and oxygen atoms in total. The lowest BCUT2D eigenvalue weighted by Crippen LogP contribution is -2.52. The third-order valence-electron chi connectivity index (χ3n) is 8.95. The van der Waals surface area contributed by atoms with Crippen LogP contribution in [0.15, 0.2) is 29.0 Å². The maximum Gasteiger partial charge on any atom is 0.417 e. The van der Waals surface area contributed by atoms with Crippen molar-refractivity contribution in [3.63, 3.8) is 0 Å². The van der Waals surface area contributed by atoms with Crippen molar-refractivity contribution >= 4 is 11.8 Å². The SMILES string of the molecule is CO[C@@H]1COCC[C@@H]1N[C@@H]1C[C@H]2CN(C(=O)c3ccno3)C[C@@]2(C(=O)N2CCc3ncc(C(F)(F)F)cc3C2)C1. The average molecular weight is 564 g/mol. The fourth-order valence-corrected chi connectivity index (χ4v) is 6.97. The van der Waals surface area contributed by atoms with Gasteiger partial charge in [-0.3, -0.25) is 14.6 Å². The number of nitrogens with zero attached hydrogens (tertiary/aromatic N) is 4. The van der Waals surface area contributed by atoms with Gasteiger partial charge in [0.15, 0.2) is 0 Å². The number of rotatable bonds is 5. The van der Waals surface area contributed by atoms with Crippen molar-refractivity contribution in [3.05, 3.63) is 47.1 Å². The molecule has 0 aromatic carbocycles. The summed E-state index contributed by atoms with van der Waals surface area (Å²) in [4.78, 5) is 34.8. The Balaban J connectivity index is 1.25. The maximum absolute atomic E-state index is 14.3. The van der Waals surface area contributed by atoms with Gasteiger partial charge in [0.05, 0.1) is 29.9 Å². The monoisotopic (exact) mass is 563 g/mol. The molecular formula is C27H32F3N5O5. The van der Waals surface area contributed by atoms with Gasteiger partial charge < -0.3 is 29.1 Å². The Morgan fingerprint density at radius 2 is 2.12 bits per heavy atom. The van der Waals surface area contributed by atoms with Gasteiger partial charge in [-0.15, -0.1) is 0 Å². The number of alkyl halides is 3. The Morgan fingerprint density at radius 1 is 1.27 bits per heavy atom. The molecule has 40 heavy (non-hydrogen) atoms. The van der Waals surface area contributed by atoms with E-state index in [2.05, 4.69) is 15.5 Å². The first kappa shape index (κ1) is 27.2. The molecule has 6 rings (SSSR count). The minimum absolute atomic E-state index is 0.0211. The molecule has 0 radical (unpaired) electrons. The Morgan fingerprint density at radius 3 is 2.88 bits per heavy atom. The zero-order chi connectivity index (χ0) is 28.1. The van der Waals surface area contributed by atoms with Crippen LogP contribution in [-0.2, 0) is 33.4 Å². The highest BCUT2D eigenvalue weighted by molar-refractivity contribution is 5.93. The van der Waals surface area contributed by atoms with Crippen molar-refractivity contribution in [2.75, 3.05) is 40.0 Å². The summed E-state index contributed by atoms with van der Waals surface area (Å²) < 4.78 is 56.4. The van der Waals surface area contributed by atoms with Crippen LogP contribution in [0.4, 0.5) is 13.2 Å². The number of likely N-dealkylation sites (tertiary alicyclic amines) is 1. The van der Waals surface area contributed by atoms with Gasteiger partial charge >= 0.3 is 6.18 Å². The van der Waals surface area contributed by atoms with E-state index in [1.54, 1.807) is 16.9 Å². The van der Waals surface area contributed by atoms with E-state index in [1.165, 1.54) is 12.3 Å². The first-order chi connectivity index (χ1) is 19.2. The molecule has 5 atom stereocenters. The van der Waals surface area contributed by atoms with Gasteiger partial charge in [0.2, 0.25) is 11.7 Å². The highest BCUT2D eigenvalue weighted by Crippen LogP contribution is 2.51. The van der Waals surface area contributed by atoms with E-state index in [-0.39, 0.29) is 54.8 Å². The zero-order valence-corrected chi connectivity index (χ0v) is 22.2. The summed E-state index contributed by atoms with van der Waals surface area (Å²) in [7, 11) is 1.66. The van der Waals surface area contributed by atoms with Crippen LogP contribution < -0.4 is 5.32 Å². The van der Waals surface area contributed by atoms with Gasteiger partial charge in [0.25, 0.3) is 5.91 Å². The van der Waals surface area contributed by atoms with Gasteiger partial charge in [-0.1, -0.05) is 5.16 Å². The molecule has 2 aromatic rings. The summed E-state index contributed by atoms with van der Waals surface area (Å²) in [5.74, 6) is -0.463. The fraction of sp³-hybridized carbons (Fsp3) is 0.630. The molecule has 5 heterocycles. The number of hydrogen-bond donors (Lipinski definition) is 1. The van der Waals surface area contributed by atoms with E-state index in [0.29, 0.717) is 56.8 Å². The number of amides is 2. The van der Waals surface area contributed by atoms with Crippen molar-refractivity contribution in [3.8, 4) is 0 Å². The molecule has 216 valence electrons. The van der Waals surface area contributed by atoms with Crippen LogP contribution in [0.25, 0.3) is 0 Å². The normalized spacial score (nSPS) is 30.3. The molecular weight excluding hydrogens is 531 g/mol. The number of carbonyl (C=O) groups excluding carboxylic acids is 2. The van der Waals surface area contributed by atoms with E-state index >= 15 is 0 Å². The van der Waals surface area contributed by atoms with Crippen molar-refractivity contribution in [1.82, 2.24) is 25.3 Å². The van der Waals surface area contributed by atoms with Gasteiger partial charge in [0.1, 0.15) is 0 Å². The lowest BCUT2D eigenvalue weighted by atomic mass is 9.78. The second-order valence-corrected chi connectivity index (χ2v) is 11.3. The second-order valence-electron chi connectivity index (χ2n) is 11.3. The van der Waals surface area contributed by atoms with Gasteiger partial charge in [-0.25, -0.2) is 0 Å². The summed E-state index contributed by atoms with van der Waals surface area (Å²) >= 11 is 0. The molecule has 2 saturated heterocycles. The average Bonchev–Trinajstić information content (AvgIpc) is 3.67. The molecule has 2 aromatic heterocycles. The summed E-state index contributed by atoms with van der Waals surface area (Å²) in [6.45, 7) is 2.13. The number of hydrogen-bond acceptors (Lipinski definition) is 8. The zero-order valence-electron chi connectivity index (χ0n) is 22.2. The van der Waals surface area contributed by atoms with E-state index < -0.39 is 17.2 Å². The van der Waals surface area contributed by atoms with Crippen LogP contribution in [-0.4, -0.2) is 89.9 Å². The number of carbonyl (C=O) groups is 2. The Hall–Kier alpha value is -3.03. The summed E-state index contributed by atoms with van der Waals surface area (Å²) in [5.41, 5.74) is -0.702.